The maximum Gasteiger partial charge on any atom is 0.342 e. The highest BCUT2D eigenvalue weighted by Gasteiger charge is 2.25. The lowest BCUT2D eigenvalue weighted by Gasteiger charge is -2.12. The van der Waals surface area contributed by atoms with E-state index in [1.54, 1.807) is 0 Å². The lowest BCUT2D eigenvalue weighted by atomic mass is 10.1. The van der Waals surface area contributed by atoms with Crippen LogP contribution in [0.2, 0.25) is 0 Å². The lowest BCUT2D eigenvalue weighted by molar-refractivity contribution is 0.0551. The Morgan fingerprint density at radius 2 is 1.65 bits per heavy atom. The van der Waals surface area contributed by atoms with E-state index in [9.17, 15) is 14.7 Å². The van der Waals surface area contributed by atoms with Crippen LogP contribution in [-0.2, 0) is 9.47 Å². The van der Waals surface area contributed by atoms with Crippen LogP contribution in [0.25, 0.3) is 0 Å². The molecule has 92 valence electrons. The van der Waals surface area contributed by atoms with Crippen molar-refractivity contribution in [2.45, 2.75) is 0 Å². The number of hydrogen-bond acceptors (Lipinski definition) is 6. The topological polar surface area (TPSA) is 82.1 Å². The molecule has 6 heteroatoms. The van der Waals surface area contributed by atoms with Crippen LogP contribution in [0.15, 0.2) is 12.1 Å². The molecule has 0 bridgehead atoms. The standard InChI is InChI=1S/C11H12O6/c1-15-9-7(12)5-4-6(10(13)16-2)8(9)11(14)17-3/h4-5,12H,1-3H3. The number of rotatable bonds is 3. The predicted molar refractivity (Wildman–Crippen MR) is 57.3 cm³/mol. The van der Waals surface area contributed by atoms with Gasteiger partial charge >= 0.3 is 11.9 Å². The van der Waals surface area contributed by atoms with Crippen LogP contribution in [-0.4, -0.2) is 38.4 Å². The maximum atomic E-state index is 11.6. The number of benzene rings is 1. The molecule has 0 aromatic heterocycles. The number of carbonyl (C=O) groups excluding carboxylic acids is 2. The highest BCUT2D eigenvalue weighted by Crippen LogP contribution is 2.33. The van der Waals surface area contributed by atoms with Gasteiger partial charge in [0.05, 0.1) is 26.9 Å². The third kappa shape index (κ3) is 2.30. The summed E-state index contributed by atoms with van der Waals surface area (Å²) in [7, 11) is 3.61. The number of methoxy groups -OCH3 is 3. The molecule has 17 heavy (non-hydrogen) atoms. The number of esters is 2. The second kappa shape index (κ2) is 5.20. The second-order valence-corrected chi connectivity index (χ2v) is 3.02. The van der Waals surface area contributed by atoms with Gasteiger partial charge in [0.2, 0.25) is 0 Å². The van der Waals surface area contributed by atoms with Crippen LogP contribution in [0.1, 0.15) is 20.7 Å². The van der Waals surface area contributed by atoms with E-state index < -0.39 is 11.9 Å². The van der Waals surface area contributed by atoms with Crippen molar-refractivity contribution in [3.63, 3.8) is 0 Å². The zero-order chi connectivity index (χ0) is 13.0. The van der Waals surface area contributed by atoms with E-state index in [4.69, 9.17) is 4.74 Å². The minimum atomic E-state index is -0.793. The first-order valence-electron chi connectivity index (χ1n) is 4.63. The van der Waals surface area contributed by atoms with Gasteiger partial charge in [-0.05, 0) is 12.1 Å². The van der Waals surface area contributed by atoms with Crippen LogP contribution in [0.3, 0.4) is 0 Å². The van der Waals surface area contributed by atoms with Crippen molar-refractivity contribution in [2.75, 3.05) is 21.3 Å². The predicted octanol–water partition coefficient (Wildman–Crippen LogP) is 0.974. The Hall–Kier alpha value is -2.24. The molecule has 0 amide bonds. The van der Waals surface area contributed by atoms with Crippen LogP contribution < -0.4 is 4.74 Å². The molecule has 0 atom stereocenters. The first kappa shape index (κ1) is 12.8. The first-order valence-corrected chi connectivity index (χ1v) is 4.63. The van der Waals surface area contributed by atoms with Gasteiger partial charge in [-0.25, -0.2) is 9.59 Å². The fourth-order valence-electron chi connectivity index (χ4n) is 1.36. The van der Waals surface area contributed by atoms with E-state index in [1.807, 2.05) is 0 Å². The number of aromatic hydroxyl groups is 1. The van der Waals surface area contributed by atoms with Gasteiger partial charge in [-0.2, -0.15) is 0 Å². The average molecular weight is 240 g/mol. The van der Waals surface area contributed by atoms with Gasteiger partial charge in [0.15, 0.2) is 11.5 Å². The summed E-state index contributed by atoms with van der Waals surface area (Å²) >= 11 is 0. The second-order valence-electron chi connectivity index (χ2n) is 3.02. The molecule has 0 aliphatic rings. The SMILES string of the molecule is COC(=O)c1ccc(O)c(OC)c1C(=O)OC. The highest BCUT2D eigenvalue weighted by molar-refractivity contribution is 6.05. The third-order valence-corrected chi connectivity index (χ3v) is 2.14. The first-order chi connectivity index (χ1) is 8.06. The summed E-state index contributed by atoms with van der Waals surface area (Å²) in [5.41, 5.74) is -0.198. The van der Waals surface area contributed by atoms with Crippen molar-refractivity contribution >= 4 is 11.9 Å². The van der Waals surface area contributed by atoms with Crippen LogP contribution >= 0.6 is 0 Å². The quantitative estimate of drug-likeness (QED) is 0.793. The van der Waals surface area contributed by atoms with Crippen LogP contribution in [0.5, 0.6) is 11.5 Å². The Morgan fingerprint density at radius 3 is 2.12 bits per heavy atom. The number of carbonyl (C=O) groups is 2. The molecule has 0 unspecified atom stereocenters. The summed E-state index contributed by atoms with van der Waals surface area (Å²) in [5, 5.41) is 9.53. The smallest absolute Gasteiger partial charge is 0.342 e. The van der Waals surface area contributed by atoms with Crippen molar-refractivity contribution in [1.82, 2.24) is 0 Å². The average Bonchev–Trinajstić information content (AvgIpc) is 2.36. The van der Waals surface area contributed by atoms with E-state index in [0.29, 0.717) is 0 Å². The molecule has 1 aromatic carbocycles. The molecular formula is C11H12O6. The van der Waals surface area contributed by atoms with Gasteiger partial charge in [0.1, 0.15) is 5.56 Å². The molecule has 6 nitrogen and oxygen atoms in total. The van der Waals surface area contributed by atoms with Gasteiger partial charge < -0.3 is 19.3 Å². The zero-order valence-corrected chi connectivity index (χ0v) is 9.64. The fraction of sp³-hybridized carbons (Fsp3) is 0.273. The summed E-state index contributed by atoms with van der Waals surface area (Å²) < 4.78 is 13.9. The number of phenols is 1. The molecule has 0 radical (unpaired) electrons. The number of phenolic OH excluding ortho intramolecular Hbond substituents is 1. The monoisotopic (exact) mass is 240 g/mol. The zero-order valence-electron chi connectivity index (χ0n) is 9.64. The number of hydrogen-bond donors (Lipinski definition) is 1. The van der Waals surface area contributed by atoms with Crippen molar-refractivity contribution in [2.24, 2.45) is 0 Å². The molecule has 0 saturated carbocycles. The van der Waals surface area contributed by atoms with Gasteiger partial charge in [-0.15, -0.1) is 0 Å². The van der Waals surface area contributed by atoms with Gasteiger partial charge in [0, 0.05) is 0 Å². The Labute approximate surface area is 97.7 Å². The molecule has 0 spiro atoms. The van der Waals surface area contributed by atoms with E-state index in [1.165, 1.54) is 26.4 Å². The third-order valence-electron chi connectivity index (χ3n) is 2.14. The Balaban J connectivity index is 3.50. The molecule has 1 N–H and O–H groups in total. The van der Waals surface area contributed by atoms with Crippen molar-refractivity contribution in [3.05, 3.63) is 23.3 Å². The normalized spacial score (nSPS) is 9.59. The summed E-state index contributed by atoms with van der Waals surface area (Å²) in [5.74, 6) is -1.90. The molecule has 1 rings (SSSR count). The Morgan fingerprint density at radius 1 is 1.06 bits per heavy atom. The van der Waals surface area contributed by atoms with Crippen LogP contribution in [0.4, 0.5) is 0 Å². The van der Waals surface area contributed by atoms with E-state index >= 15 is 0 Å². The summed E-state index contributed by atoms with van der Waals surface area (Å²) in [6.45, 7) is 0. The fourth-order valence-corrected chi connectivity index (χ4v) is 1.36. The molecule has 0 saturated heterocycles. The van der Waals surface area contributed by atoms with Crippen molar-refractivity contribution < 1.29 is 28.9 Å². The van der Waals surface area contributed by atoms with Crippen molar-refractivity contribution in [3.8, 4) is 11.5 Å². The molecular weight excluding hydrogens is 228 g/mol. The summed E-state index contributed by atoms with van der Waals surface area (Å²) in [6.07, 6.45) is 0. The lowest BCUT2D eigenvalue weighted by Crippen LogP contribution is -2.13. The van der Waals surface area contributed by atoms with E-state index in [0.717, 1.165) is 7.11 Å². The van der Waals surface area contributed by atoms with Crippen molar-refractivity contribution in [1.29, 1.82) is 0 Å². The van der Waals surface area contributed by atoms with E-state index in [2.05, 4.69) is 9.47 Å². The largest absolute Gasteiger partial charge is 0.504 e. The van der Waals surface area contributed by atoms with Gasteiger partial charge in [-0.3, -0.25) is 0 Å². The maximum absolute atomic E-state index is 11.6. The summed E-state index contributed by atoms with van der Waals surface area (Å²) in [4.78, 5) is 23.0. The Bertz CT molecular complexity index is 452. The molecule has 0 fully saturated rings. The van der Waals surface area contributed by atoms with Crippen LogP contribution in [0, 0.1) is 0 Å². The molecule has 0 heterocycles. The molecule has 0 aliphatic heterocycles. The minimum Gasteiger partial charge on any atom is -0.504 e. The minimum absolute atomic E-state index is 0.0333. The Kier molecular flexibility index (Phi) is 3.92. The number of ether oxygens (including phenoxy) is 3. The van der Waals surface area contributed by atoms with E-state index in [-0.39, 0.29) is 22.6 Å². The molecule has 0 aliphatic carbocycles. The van der Waals surface area contributed by atoms with Gasteiger partial charge in [-0.1, -0.05) is 0 Å². The molecule has 1 aromatic rings. The highest BCUT2D eigenvalue weighted by atomic mass is 16.5. The summed E-state index contributed by atoms with van der Waals surface area (Å²) in [6, 6.07) is 2.49. The van der Waals surface area contributed by atoms with Gasteiger partial charge in [0.25, 0.3) is 0 Å².